The topological polar surface area (TPSA) is 141 Å². The standard InChI is InChI=1S/C33H32N2O10/c1-17-10-20-11-22-32(39)34(23(13-36)21-12-25(38)18(2)29-30(21)45-16-44-29)24(14-37)27(35(22)33(40)42-4)26(20)31(28(17)41-3)43-15-19-8-6-5-7-9-19/h5-10,12-14,22-24,27,38H,11,15-16H2,1-4H3/t22?,23?,24-,27?/m0/s1. The summed E-state index contributed by atoms with van der Waals surface area (Å²) in [6.07, 6.45) is 0.265. The number of phenols is 1. The predicted octanol–water partition coefficient (Wildman–Crippen LogP) is 3.71. The Morgan fingerprint density at radius 1 is 1.09 bits per heavy atom. The van der Waals surface area contributed by atoms with Crippen LogP contribution in [0.15, 0.2) is 42.5 Å². The van der Waals surface area contributed by atoms with Gasteiger partial charge in [0.1, 0.15) is 43.1 Å². The number of nitrogens with zero attached hydrogens (tertiary/aromatic N) is 2. The van der Waals surface area contributed by atoms with E-state index in [0.29, 0.717) is 40.8 Å². The molecule has 0 aliphatic carbocycles. The van der Waals surface area contributed by atoms with Crippen molar-refractivity contribution in [1.82, 2.24) is 9.80 Å². The number of hydrogen-bond acceptors (Lipinski definition) is 10. The van der Waals surface area contributed by atoms with E-state index in [1.54, 1.807) is 6.92 Å². The van der Waals surface area contributed by atoms with Crippen LogP contribution in [0.5, 0.6) is 28.7 Å². The average molecular weight is 617 g/mol. The summed E-state index contributed by atoms with van der Waals surface area (Å²) in [7, 11) is 2.69. The van der Waals surface area contributed by atoms with Crippen molar-refractivity contribution in [3.8, 4) is 28.7 Å². The number of piperazine rings is 1. The molecule has 1 fully saturated rings. The van der Waals surface area contributed by atoms with E-state index in [4.69, 9.17) is 23.7 Å². The zero-order valence-electron chi connectivity index (χ0n) is 25.1. The van der Waals surface area contributed by atoms with Crippen LogP contribution < -0.4 is 18.9 Å². The molecule has 0 spiro atoms. The molecule has 12 heteroatoms. The highest BCUT2D eigenvalue weighted by molar-refractivity contribution is 5.94. The molecule has 3 aromatic rings. The minimum atomic E-state index is -1.38. The van der Waals surface area contributed by atoms with Crippen LogP contribution in [0.25, 0.3) is 0 Å². The van der Waals surface area contributed by atoms with Crippen molar-refractivity contribution in [3.63, 3.8) is 0 Å². The highest BCUT2D eigenvalue weighted by Crippen LogP contribution is 2.53. The van der Waals surface area contributed by atoms with Gasteiger partial charge in [0.2, 0.25) is 12.7 Å². The lowest BCUT2D eigenvalue weighted by molar-refractivity contribution is -0.158. The Kier molecular flexibility index (Phi) is 7.73. The molecule has 3 aromatic carbocycles. The van der Waals surface area contributed by atoms with Gasteiger partial charge in [0.15, 0.2) is 23.0 Å². The Labute approximate surface area is 259 Å². The first kappa shape index (κ1) is 29.8. The van der Waals surface area contributed by atoms with Crippen LogP contribution in [0.2, 0.25) is 0 Å². The number of rotatable bonds is 8. The summed E-state index contributed by atoms with van der Waals surface area (Å²) in [6.45, 7) is 3.47. The molecular weight excluding hydrogens is 584 g/mol. The lowest BCUT2D eigenvalue weighted by Gasteiger charge is -2.53. The van der Waals surface area contributed by atoms with E-state index < -0.39 is 36.2 Å². The molecular formula is C33H32N2O10. The fourth-order valence-electron chi connectivity index (χ4n) is 6.65. The Hall–Kier alpha value is -5.26. The van der Waals surface area contributed by atoms with Crippen LogP contribution in [0.3, 0.4) is 0 Å². The summed E-state index contributed by atoms with van der Waals surface area (Å²) in [4.78, 5) is 56.1. The highest BCUT2D eigenvalue weighted by Gasteiger charge is 2.57. The monoisotopic (exact) mass is 616 g/mol. The van der Waals surface area contributed by atoms with Gasteiger partial charge < -0.3 is 43.3 Å². The van der Waals surface area contributed by atoms with E-state index >= 15 is 0 Å². The molecule has 45 heavy (non-hydrogen) atoms. The number of benzene rings is 3. The van der Waals surface area contributed by atoms with E-state index in [2.05, 4.69) is 0 Å². The normalized spacial score (nSPS) is 20.3. The van der Waals surface area contributed by atoms with E-state index in [9.17, 15) is 24.3 Å². The number of fused-ring (bicyclic) bond motifs is 5. The van der Waals surface area contributed by atoms with E-state index in [1.807, 2.05) is 43.3 Å². The molecule has 3 aliphatic rings. The predicted molar refractivity (Wildman–Crippen MR) is 157 cm³/mol. The summed E-state index contributed by atoms with van der Waals surface area (Å²) < 4.78 is 28.5. The Morgan fingerprint density at radius 3 is 2.49 bits per heavy atom. The molecule has 0 radical (unpaired) electrons. The van der Waals surface area contributed by atoms with Crippen molar-refractivity contribution in [1.29, 1.82) is 0 Å². The van der Waals surface area contributed by atoms with Crippen molar-refractivity contribution in [2.24, 2.45) is 0 Å². The van der Waals surface area contributed by atoms with Crippen molar-refractivity contribution in [2.75, 3.05) is 21.0 Å². The number of aldehydes is 2. The molecule has 1 N–H and O–H groups in total. The van der Waals surface area contributed by atoms with Crippen molar-refractivity contribution < 1.29 is 48.0 Å². The zero-order chi connectivity index (χ0) is 32.0. The summed E-state index contributed by atoms with van der Waals surface area (Å²) in [5.74, 6) is 0.312. The lowest BCUT2D eigenvalue weighted by atomic mass is 9.78. The second kappa shape index (κ2) is 11.7. The first-order valence-corrected chi connectivity index (χ1v) is 14.3. The maximum absolute atomic E-state index is 14.3. The van der Waals surface area contributed by atoms with E-state index in [1.165, 1.54) is 25.2 Å². The average Bonchev–Trinajstić information content (AvgIpc) is 3.55. The number of methoxy groups -OCH3 is 2. The maximum atomic E-state index is 14.3. The van der Waals surface area contributed by atoms with Gasteiger partial charge in [-0.25, -0.2) is 4.79 Å². The van der Waals surface area contributed by atoms with Gasteiger partial charge in [0.05, 0.1) is 20.3 Å². The first-order valence-electron chi connectivity index (χ1n) is 14.3. The lowest BCUT2D eigenvalue weighted by Crippen LogP contribution is -2.67. The molecule has 2 bridgehead atoms. The van der Waals surface area contributed by atoms with Gasteiger partial charge in [0, 0.05) is 23.1 Å². The summed E-state index contributed by atoms with van der Waals surface area (Å²) in [5, 5.41) is 10.7. The van der Waals surface area contributed by atoms with Gasteiger partial charge in [-0.05, 0) is 36.6 Å². The molecule has 0 aromatic heterocycles. The fourth-order valence-corrected chi connectivity index (χ4v) is 6.65. The van der Waals surface area contributed by atoms with Gasteiger partial charge in [-0.2, -0.15) is 0 Å². The number of phenolic OH excluding ortho intramolecular Hbond substituents is 1. The van der Waals surface area contributed by atoms with Gasteiger partial charge >= 0.3 is 6.09 Å². The third-order valence-electron chi connectivity index (χ3n) is 8.67. The highest BCUT2D eigenvalue weighted by atomic mass is 16.7. The molecule has 4 atom stereocenters. The number of hydrogen-bond donors (Lipinski definition) is 1. The molecule has 2 amide bonds. The summed E-state index contributed by atoms with van der Waals surface area (Å²) in [5.41, 5.74) is 3.32. The third-order valence-corrected chi connectivity index (χ3v) is 8.67. The first-order chi connectivity index (χ1) is 21.7. The molecule has 6 rings (SSSR count). The van der Waals surface area contributed by atoms with E-state index in [-0.39, 0.29) is 42.6 Å². The van der Waals surface area contributed by atoms with Crippen LogP contribution >= 0.6 is 0 Å². The Balaban J connectivity index is 1.54. The van der Waals surface area contributed by atoms with Crippen LogP contribution in [0, 0.1) is 13.8 Å². The molecule has 12 nitrogen and oxygen atoms in total. The number of carbonyl (C=O) groups is 4. The Morgan fingerprint density at radius 2 is 1.82 bits per heavy atom. The third kappa shape index (κ3) is 4.68. The number of ether oxygens (including phenoxy) is 5. The van der Waals surface area contributed by atoms with E-state index in [0.717, 1.165) is 16.0 Å². The minimum absolute atomic E-state index is 0.0524. The van der Waals surface area contributed by atoms with Gasteiger partial charge in [0.25, 0.3) is 0 Å². The largest absolute Gasteiger partial charge is 0.508 e. The van der Waals surface area contributed by atoms with Crippen LogP contribution in [-0.4, -0.2) is 72.6 Å². The molecule has 0 saturated carbocycles. The van der Waals surface area contributed by atoms with Crippen LogP contribution in [0.1, 0.15) is 45.5 Å². The number of amides is 2. The molecule has 1 saturated heterocycles. The minimum Gasteiger partial charge on any atom is -0.508 e. The molecule has 3 unspecified atom stereocenters. The van der Waals surface area contributed by atoms with Gasteiger partial charge in [-0.15, -0.1) is 0 Å². The van der Waals surface area contributed by atoms with Crippen LogP contribution in [-0.2, 0) is 32.1 Å². The van der Waals surface area contributed by atoms with Crippen molar-refractivity contribution in [2.45, 2.75) is 51.0 Å². The second-order valence-electron chi connectivity index (χ2n) is 11.1. The quantitative estimate of drug-likeness (QED) is 0.373. The SMILES string of the molecule is COC(=O)N1C2Cc3cc(C)c(OC)c(OCc4ccccc4)c3C1[C@H](C=O)N(C(C=O)c1cc(O)c(C)c3c1OCO3)C2=O. The van der Waals surface area contributed by atoms with Gasteiger partial charge in [-0.1, -0.05) is 36.4 Å². The fraction of sp³-hybridized carbons (Fsp3) is 0.333. The molecule has 3 aliphatic heterocycles. The molecule has 234 valence electrons. The second-order valence-corrected chi connectivity index (χ2v) is 11.1. The number of aromatic hydroxyl groups is 1. The zero-order valence-corrected chi connectivity index (χ0v) is 25.1. The van der Waals surface area contributed by atoms with Crippen molar-refractivity contribution >= 4 is 24.6 Å². The summed E-state index contributed by atoms with van der Waals surface area (Å²) >= 11 is 0. The number of carbonyl (C=O) groups excluding carboxylic acids is 4. The van der Waals surface area contributed by atoms with Crippen molar-refractivity contribution in [3.05, 3.63) is 75.8 Å². The van der Waals surface area contributed by atoms with Gasteiger partial charge in [-0.3, -0.25) is 9.69 Å². The molecule has 3 heterocycles. The smallest absolute Gasteiger partial charge is 0.410 e. The Bertz CT molecular complexity index is 1690. The van der Waals surface area contributed by atoms with Crippen LogP contribution in [0.4, 0.5) is 4.79 Å². The number of aryl methyl sites for hydroxylation is 1. The summed E-state index contributed by atoms with van der Waals surface area (Å²) in [6, 6.07) is 7.65. The maximum Gasteiger partial charge on any atom is 0.410 e.